The molecule has 0 radical (unpaired) electrons. The van der Waals surface area contributed by atoms with Gasteiger partial charge < -0.3 is 4.74 Å². The SMILES string of the molecule is Cc1cccc(C)c1COc1cccc2ccccc12. The molecule has 0 amide bonds. The topological polar surface area (TPSA) is 9.23 Å². The van der Waals surface area contributed by atoms with E-state index in [2.05, 4.69) is 56.3 Å². The minimum atomic E-state index is 0.618. The Labute approximate surface area is 119 Å². The third-order valence-electron chi connectivity index (χ3n) is 3.77. The summed E-state index contributed by atoms with van der Waals surface area (Å²) >= 11 is 0. The van der Waals surface area contributed by atoms with Gasteiger partial charge in [0.2, 0.25) is 0 Å². The fourth-order valence-electron chi connectivity index (χ4n) is 2.55. The third kappa shape index (κ3) is 2.39. The maximum absolute atomic E-state index is 6.07. The van der Waals surface area contributed by atoms with Crippen molar-refractivity contribution in [3.8, 4) is 5.75 Å². The monoisotopic (exact) mass is 262 g/mol. The average molecular weight is 262 g/mol. The van der Waals surface area contributed by atoms with Crippen LogP contribution in [0.1, 0.15) is 16.7 Å². The third-order valence-corrected chi connectivity index (χ3v) is 3.77. The summed E-state index contributed by atoms with van der Waals surface area (Å²) in [7, 11) is 0. The first-order valence-electron chi connectivity index (χ1n) is 6.91. The molecule has 0 saturated heterocycles. The number of fused-ring (bicyclic) bond motifs is 1. The van der Waals surface area contributed by atoms with E-state index in [0.717, 1.165) is 5.75 Å². The molecule has 0 unspecified atom stereocenters. The predicted molar refractivity (Wildman–Crippen MR) is 84.2 cm³/mol. The molecule has 20 heavy (non-hydrogen) atoms. The summed E-state index contributed by atoms with van der Waals surface area (Å²) in [6.07, 6.45) is 0. The summed E-state index contributed by atoms with van der Waals surface area (Å²) < 4.78 is 6.07. The summed E-state index contributed by atoms with van der Waals surface area (Å²) in [6, 6.07) is 20.9. The molecule has 0 spiro atoms. The molecule has 0 heterocycles. The number of hydrogen-bond donors (Lipinski definition) is 0. The van der Waals surface area contributed by atoms with Crippen LogP contribution in [-0.2, 0) is 6.61 Å². The predicted octanol–water partition coefficient (Wildman–Crippen LogP) is 5.04. The Hall–Kier alpha value is -2.28. The summed E-state index contributed by atoms with van der Waals surface area (Å²) in [4.78, 5) is 0. The summed E-state index contributed by atoms with van der Waals surface area (Å²) in [5.74, 6) is 0.950. The lowest BCUT2D eigenvalue weighted by atomic mass is 10.0. The molecular formula is C19H18O. The second-order valence-corrected chi connectivity index (χ2v) is 5.14. The van der Waals surface area contributed by atoms with Gasteiger partial charge in [0.25, 0.3) is 0 Å². The first-order valence-corrected chi connectivity index (χ1v) is 6.91. The van der Waals surface area contributed by atoms with Crippen molar-refractivity contribution >= 4 is 10.8 Å². The maximum atomic E-state index is 6.07. The number of aryl methyl sites for hydroxylation is 2. The average Bonchev–Trinajstić information content (AvgIpc) is 2.47. The highest BCUT2D eigenvalue weighted by molar-refractivity contribution is 5.88. The molecule has 100 valence electrons. The van der Waals surface area contributed by atoms with Crippen molar-refractivity contribution in [3.63, 3.8) is 0 Å². The molecule has 0 bridgehead atoms. The van der Waals surface area contributed by atoms with Crippen LogP contribution in [0.25, 0.3) is 10.8 Å². The van der Waals surface area contributed by atoms with E-state index in [1.807, 2.05) is 18.2 Å². The van der Waals surface area contributed by atoms with E-state index < -0.39 is 0 Å². The molecule has 0 aliphatic heterocycles. The Balaban J connectivity index is 1.91. The van der Waals surface area contributed by atoms with E-state index in [9.17, 15) is 0 Å². The number of hydrogen-bond acceptors (Lipinski definition) is 1. The van der Waals surface area contributed by atoms with Gasteiger partial charge in [0, 0.05) is 5.39 Å². The zero-order valence-corrected chi connectivity index (χ0v) is 11.9. The van der Waals surface area contributed by atoms with Gasteiger partial charge in [-0.05, 0) is 42.0 Å². The second kappa shape index (κ2) is 5.38. The summed E-state index contributed by atoms with van der Waals surface area (Å²) in [5.41, 5.74) is 3.84. The van der Waals surface area contributed by atoms with Crippen molar-refractivity contribution in [3.05, 3.63) is 77.4 Å². The lowest BCUT2D eigenvalue weighted by Crippen LogP contribution is -2.00. The molecule has 1 heteroatoms. The zero-order valence-electron chi connectivity index (χ0n) is 11.9. The van der Waals surface area contributed by atoms with Crippen molar-refractivity contribution in [1.82, 2.24) is 0 Å². The van der Waals surface area contributed by atoms with Crippen LogP contribution in [-0.4, -0.2) is 0 Å². The van der Waals surface area contributed by atoms with Crippen molar-refractivity contribution in [1.29, 1.82) is 0 Å². The Morgan fingerprint density at radius 3 is 2.20 bits per heavy atom. The van der Waals surface area contributed by atoms with Crippen LogP contribution in [0.3, 0.4) is 0 Å². The maximum Gasteiger partial charge on any atom is 0.127 e. The van der Waals surface area contributed by atoms with E-state index in [-0.39, 0.29) is 0 Å². The fraction of sp³-hybridized carbons (Fsp3) is 0.158. The van der Waals surface area contributed by atoms with Crippen LogP contribution in [0, 0.1) is 13.8 Å². The molecule has 0 N–H and O–H groups in total. The Kier molecular flexibility index (Phi) is 3.42. The number of ether oxygens (including phenoxy) is 1. The van der Waals surface area contributed by atoms with Crippen LogP contribution in [0.15, 0.2) is 60.7 Å². The second-order valence-electron chi connectivity index (χ2n) is 5.14. The van der Waals surface area contributed by atoms with Gasteiger partial charge in [0.05, 0.1) is 0 Å². The molecule has 0 fully saturated rings. The van der Waals surface area contributed by atoms with Gasteiger partial charge in [-0.3, -0.25) is 0 Å². The first kappa shape index (κ1) is 12.7. The molecule has 1 nitrogen and oxygen atoms in total. The highest BCUT2D eigenvalue weighted by Gasteiger charge is 2.05. The zero-order chi connectivity index (χ0) is 13.9. The van der Waals surface area contributed by atoms with Crippen LogP contribution >= 0.6 is 0 Å². The standard InChI is InChI=1S/C19H18O/c1-14-7-5-8-15(2)18(14)13-20-19-12-6-10-16-9-3-4-11-17(16)19/h3-12H,13H2,1-2H3. The minimum absolute atomic E-state index is 0.618. The highest BCUT2D eigenvalue weighted by atomic mass is 16.5. The quantitative estimate of drug-likeness (QED) is 0.643. The van der Waals surface area contributed by atoms with Crippen molar-refractivity contribution in [2.75, 3.05) is 0 Å². The van der Waals surface area contributed by atoms with Crippen molar-refractivity contribution < 1.29 is 4.74 Å². The molecule has 0 aliphatic carbocycles. The highest BCUT2D eigenvalue weighted by Crippen LogP contribution is 2.26. The number of rotatable bonds is 3. The Morgan fingerprint density at radius 2 is 1.40 bits per heavy atom. The van der Waals surface area contributed by atoms with Crippen LogP contribution in [0.5, 0.6) is 5.75 Å². The normalized spacial score (nSPS) is 10.7. The molecule has 0 atom stereocenters. The van der Waals surface area contributed by atoms with Gasteiger partial charge in [-0.1, -0.05) is 54.6 Å². The molecule has 0 aromatic heterocycles. The van der Waals surface area contributed by atoms with Gasteiger partial charge in [-0.2, -0.15) is 0 Å². The van der Waals surface area contributed by atoms with Gasteiger partial charge in [0.15, 0.2) is 0 Å². The minimum Gasteiger partial charge on any atom is -0.488 e. The summed E-state index contributed by atoms with van der Waals surface area (Å²) in [6.45, 7) is 4.89. The van der Waals surface area contributed by atoms with Gasteiger partial charge in [0.1, 0.15) is 12.4 Å². The molecule has 3 aromatic rings. The van der Waals surface area contributed by atoms with E-state index in [1.165, 1.54) is 27.5 Å². The first-order chi connectivity index (χ1) is 9.75. The van der Waals surface area contributed by atoms with E-state index >= 15 is 0 Å². The largest absolute Gasteiger partial charge is 0.488 e. The van der Waals surface area contributed by atoms with Crippen molar-refractivity contribution in [2.24, 2.45) is 0 Å². The van der Waals surface area contributed by atoms with E-state index in [1.54, 1.807) is 0 Å². The fourth-order valence-corrected chi connectivity index (χ4v) is 2.55. The molecular weight excluding hydrogens is 244 g/mol. The lowest BCUT2D eigenvalue weighted by molar-refractivity contribution is 0.308. The van der Waals surface area contributed by atoms with Crippen molar-refractivity contribution in [2.45, 2.75) is 20.5 Å². The lowest BCUT2D eigenvalue weighted by Gasteiger charge is -2.13. The Bertz CT molecular complexity index is 718. The Morgan fingerprint density at radius 1 is 0.750 bits per heavy atom. The van der Waals surface area contributed by atoms with Crippen LogP contribution in [0.2, 0.25) is 0 Å². The van der Waals surface area contributed by atoms with E-state index in [0.29, 0.717) is 6.61 Å². The van der Waals surface area contributed by atoms with Crippen LogP contribution in [0.4, 0.5) is 0 Å². The van der Waals surface area contributed by atoms with Gasteiger partial charge in [-0.15, -0.1) is 0 Å². The van der Waals surface area contributed by atoms with Crippen LogP contribution < -0.4 is 4.74 Å². The van der Waals surface area contributed by atoms with E-state index in [4.69, 9.17) is 4.74 Å². The molecule has 0 aliphatic rings. The number of benzene rings is 3. The van der Waals surface area contributed by atoms with Gasteiger partial charge >= 0.3 is 0 Å². The smallest absolute Gasteiger partial charge is 0.127 e. The molecule has 3 rings (SSSR count). The molecule has 0 saturated carbocycles. The summed E-state index contributed by atoms with van der Waals surface area (Å²) in [5, 5.41) is 2.38. The van der Waals surface area contributed by atoms with Gasteiger partial charge in [-0.25, -0.2) is 0 Å². The molecule has 3 aromatic carbocycles.